The van der Waals surface area contributed by atoms with E-state index in [-0.39, 0.29) is 6.02 Å². The summed E-state index contributed by atoms with van der Waals surface area (Å²) in [5.74, 6) is 0. The van der Waals surface area contributed by atoms with Gasteiger partial charge in [-0.15, -0.1) is 0 Å². The molecule has 7 heavy (non-hydrogen) atoms. The number of nitrogens with zero attached hydrogens (tertiary/aromatic N) is 1. The highest BCUT2D eigenvalue weighted by atomic mass is 16.5. The molecule has 3 heteroatoms. The molecule has 0 saturated carbocycles. The minimum absolute atomic E-state index is 0.134. The lowest BCUT2D eigenvalue weighted by atomic mass is 11.0. The fraction of sp³-hybridized carbons (Fsp3) is 0.250. The van der Waals surface area contributed by atoms with Crippen LogP contribution in [-0.4, -0.2) is 13.1 Å². The van der Waals surface area contributed by atoms with Crippen molar-refractivity contribution >= 4 is 6.02 Å². The Labute approximate surface area is 42.5 Å². The van der Waals surface area contributed by atoms with Crippen molar-refractivity contribution in [3.05, 3.63) is 12.8 Å². The quantitative estimate of drug-likeness (QED) is 0.375. The van der Waals surface area contributed by atoms with E-state index in [1.54, 1.807) is 0 Å². The van der Waals surface area contributed by atoms with Gasteiger partial charge in [0.05, 0.1) is 7.11 Å². The van der Waals surface area contributed by atoms with Gasteiger partial charge in [0.2, 0.25) is 0 Å². The van der Waals surface area contributed by atoms with Crippen LogP contribution in [-0.2, 0) is 4.74 Å². The molecule has 40 valence electrons. The molecule has 0 aromatic carbocycles. The Kier molecular flexibility index (Phi) is 2.76. The van der Waals surface area contributed by atoms with Crippen molar-refractivity contribution in [2.75, 3.05) is 7.11 Å². The second-order valence-electron chi connectivity index (χ2n) is 0.854. The van der Waals surface area contributed by atoms with E-state index in [0.717, 1.165) is 0 Å². The van der Waals surface area contributed by atoms with Crippen molar-refractivity contribution < 1.29 is 4.74 Å². The molecule has 0 amide bonds. The predicted octanol–water partition coefficient (Wildman–Crippen LogP) is 0.0910. The van der Waals surface area contributed by atoms with Crippen LogP contribution in [0.1, 0.15) is 0 Å². The van der Waals surface area contributed by atoms with Crippen LogP contribution in [0, 0.1) is 0 Å². The van der Waals surface area contributed by atoms with E-state index in [1.165, 1.54) is 13.3 Å². The molecule has 0 radical (unpaired) electrons. The van der Waals surface area contributed by atoms with Crippen LogP contribution >= 0.6 is 0 Å². The van der Waals surface area contributed by atoms with Crippen LogP contribution in [0.15, 0.2) is 17.8 Å². The van der Waals surface area contributed by atoms with Gasteiger partial charge in [-0.05, 0) is 0 Å². The average Bonchev–Trinajstić information content (AvgIpc) is 1.68. The number of hydrogen-bond donors (Lipinski definition) is 1. The highest BCUT2D eigenvalue weighted by molar-refractivity contribution is 5.71. The van der Waals surface area contributed by atoms with Crippen molar-refractivity contribution in [2.45, 2.75) is 0 Å². The van der Waals surface area contributed by atoms with Crippen LogP contribution in [0.4, 0.5) is 0 Å². The minimum atomic E-state index is 0.134. The van der Waals surface area contributed by atoms with Gasteiger partial charge >= 0.3 is 0 Å². The van der Waals surface area contributed by atoms with Gasteiger partial charge in [0.25, 0.3) is 6.02 Å². The third-order valence-corrected chi connectivity index (χ3v) is 0.428. The summed E-state index contributed by atoms with van der Waals surface area (Å²) in [5, 5.41) is 0. The second-order valence-corrected chi connectivity index (χ2v) is 0.854. The molecule has 0 bridgehead atoms. The Morgan fingerprint density at radius 1 is 2.00 bits per heavy atom. The van der Waals surface area contributed by atoms with Crippen molar-refractivity contribution in [2.24, 2.45) is 10.7 Å². The first kappa shape index (κ1) is 6.01. The molecular formula is C4H8N2O. The van der Waals surface area contributed by atoms with E-state index in [0.29, 0.717) is 0 Å². The van der Waals surface area contributed by atoms with Crippen molar-refractivity contribution in [1.29, 1.82) is 0 Å². The lowest BCUT2D eigenvalue weighted by Gasteiger charge is -1.90. The SMILES string of the molecule is C=C/N=C(/N)OC. The molecule has 0 heterocycles. The Morgan fingerprint density at radius 3 is 2.71 bits per heavy atom. The third kappa shape index (κ3) is 2.82. The second kappa shape index (κ2) is 3.21. The number of rotatable bonds is 1. The van der Waals surface area contributed by atoms with Crippen LogP contribution in [0.5, 0.6) is 0 Å². The molecular weight excluding hydrogens is 92.1 g/mol. The minimum Gasteiger partial charge on any atom is -0.469 e. The summed E-state index contributed by atoms with van der Waals surface area (Å²) in [6, 6.07) is 0.134. The summed E-state index contributed by atoms with van der Waals surface area (Å²) in [7, 11) is 1.45. The summed E-state index contributed by atoms with van der Waals surface area (Å²) in [5.41, 5.74) is 5.04. The van der Waals surface area contributed by atoms with Crippen LogP contribution in [0.25, 0.3) is 0 Å². The van der Waals surface area contributed by atoms with E-state index >= 15 is 0 Å². The topological polar surface area (TPSA) is 47.6 Å². The van der Waals surface area contributed by atoms with Crippen LogP contribution in [0.3, 0.4) is 0 Å². The molecule has 0 spiro atoms. The molecule has 0 atom stereocenters. The molecule has 0 aromatic heterocycles. The van der Waals surface area contributed by atoms with Crippen LogP contribution in [0.2, 0.25) is 0 Å². The van der Waals surface area contributed by atoms with Gasteiger partial charge in [-0.25, -0.2) is 4.99 Å². The number of amidine groups is 1. The Morgan fingerprint density at radius 2 is 2.57 bits per heavy atom. The van der Waals surface area contributed by atoms with Crippen LogP contribution < -0.4 is 5.73 Å². The number of methoxy groups -OCH3 is 1. The molecule has 0 fully saturated rings. The monoisotopic (exact) mass is 100 g/mol. The fourth-order valence-corrected chi connectivity index (χ4v) is 0.143. The normalized spacial score (nSPS) is 10.7. The number of hydrogen-bond acceptors (Lipinski definition) is 2. The Balaban J connectivity index is 3.49. The van der Waals surface area contributed by atoms with Gasteiger partial charge < -0.3 is 10.5 Å². The first-order valence-corrected chi connectivity index (χ1v) is 1.79. The average molecular weight is 100 g/mol. The summed E-state index contributed by atoms with van der Waals surface area (Å²) in [6.07, 6.45) is 1.32. The first-order chi connectivity index (χ1) is 3.31. The Bertz CT molecular complexity index is 87.7. The predicted molar refractivity (Wildman–Crippen MR) is 28.8 cm³/mol. The van der Waals surface area contributed by atoms with Gasteiger partial charge in [0, 0.05) is 6.20 Å². The number of aliphatic imine (C=N–C) groups is 1. The zero-order valence-corrected chi connectivity index (χ0v) is 4.22. The fourth-order valence-electron chi connectivity index (χ4n) is 0.143. The third-order valence-electron chi connectivity index (χ3n) is 0.428. The molecule has 0 aliphatic rings. The molecule has 0 aliphatic carbocycles. The molecule has 0 rings (SSSR count). The van der Waals surface area contributed by atoms with E-state index in [9.17, 15) is 0 Å². The maximum atomic E-state index is 5.04. The van der Waals surface area contributed by atoms with Gasteiger partial charge in [0.15, 0.2) is 0 Å². The van der Waals surface area contributed by atoms with Gasteiger partial charge in [-0.2, -0.15) is 0 Å². The zero-order valence-electron chi connectivity index (χ0n) is 4.22. The maximum Gasteiger partial charge on any atom is 0.286 e. The zero-order chi connectivity index (χ0) is 5.70. The van der Waals surface area contributed by atoms with Gasteiger partial charge in [0.1, 0.15) is 0 Å². The Hall–Kier alpha value is -0.990. The van der Waals surface area contributed by atoms with E-state index in [1.807, 2.05) is 0 Å². The summed E-state index contributed by atoms with van der Waals surface area (Å²) >= 11 is 0. The molecule has 0 aromatic rings. The summed E-state index contributed by atoms with van der Waals surface area (Å²) < 4.78 is 4.45. The molecule has 2 N–H and O–H groups in total. The highest BCUT2D eigenvalue weighted by Gasteiger charge is 1.76. The van der Waals surface area contributed by atoms with Gasteiger partial charge in [-0.1, -0.05) is 6.58 Å². The lowest BCUT2D eigenvalue weighted by Crippen LogP contribution is -2.12. The molecule has 0 unspecified atom stereocenters. The maximum absolute atomic E-state index is 5.04. The largest absolute Gasteiger partial charge is 0.469 e. The van der Waals surface area contributed by atoms with Crippen molar-refractivity contribution in [1.82, 2.24) is 0 Å². The van der Waals surface area contributed by atoms with Gasteiger partial charge in [-0.3, -0.25) is 0 Å². The lowest BCUT2D eigenvalue weighted by molar-refractivity contribution is 0.397. The number of nitrogens with two attached hydrogens (primary N) is 1. The smallest absolute Gasteiger partial charge is 0.286 e. The van der Waals surface area contributed by atoms with E-state index in [2.05, 4.69) is 16.3 Å². The first-order valence-electron chi connectivity index (χ1n) is 1.79. The van der Waals surface area contributed by atoms with Crippen molar-refractivity contribution in [3.63, 3.8) is 0 Å². The highest BCUT2D eigenvalue weighted by Crippen LogP contribution is 1.68. The van der Waals surface area contributed by atoms with Crippen molar-refractivity contribution in [3.8, 4) is 0 Å². The van der Waals surface area contributed by atoms with E-state index < -0.39 is 0 Å². The molecule has 0 saturated heterocycles. The molecule has 3 nitrogen and oxygen atoms in total. The van der Waals surface area contributed by atoms with E-state index in [4.69, 9.17) is 5.73 Å². The summed E-state index contributed by atoms with van der Waals surface area (Å²) in [6.45, 7) is 3.30. The number of ether oxygens (including phenoxy) is 1. The summed E-state index contributed by atoms with van der Waals surface area (Å²) in [4.78, 5) is 3.48. The molecule has 0 aliphatic heterocycles. The standard InChI is InChI=1S/C4H8N2O/c1-3-6-4(5)7-2/h3H,1H2,2H3,(H2,5,6).